The standard InChI is InChI=1S/C17H19FO3/c1-10-5-6-12(18)8-13(10)17(19)14-9-16(21-4)15(20-3)7-11(14)2/h5-9,17,19H,1-4H3. The molecule has 0 bridgehead atoms. The van der Waals surface area contributed by atoms with Crippen LogP contribution in [0.4, 0.5) is 4.39 Å². The number of methoxy groups -OCH3 is 2. The van der Waals surface area contributed by atoms with Crippen molar-refractivity contribution in [3.05, 3.63) is 58.4 Å². The fraction of sp³-hybridized carbons (Fsp3) is 0.294. The summed E-state index contributed by atoms with van der Waals surface area (Å²) in [7, 11) is 3.10. The zero-order chi connectivity index (χ0) is 15.6. The van der Waals surface area contributed by atoms with E-state index < -0.39 is 6.10 Å². The molecule has 2 aromatic carbocycles. The third-order valence-electron chi connectivity index (χ3n) is 3.60. The van der Waals surface area contributed by atoms with Crippen LogP contribution in [0, 0.1) is 19.7 Å². The van der Waals surface area contributed by atoms with Gasteiger partial charge in [0.1, 0.15) is 11.9 Å². The van der Waals surface area contributed by atoms with E-state index in [0.717, 1.165) is 11.1 Å². The highest BCUT2D eigenvalue weighted by Gasteiger charge is 2.18. The average molecular weight is 290 g/mol. The number of rotatable bonds is 4. The van der Waals surface area contributed by atoms with Crippen LogP contribution in [0.25, 0.3) is 0 Å². The number of aliphatic hydroxyl groups excluding tert-OH is 1. The normalized spacial score (nSPS) is 12.1. The molecule has 1 N–H and O–H groups in total. The van der Waals surface area contributed by atoms with Crippen LogP contribution < -0.4 is 9.47 Å². The molecule has 21 heavy (non-hydrogen) atoms. The first-order valence-corrected chi connectivity index (χ1v) is 6.64. The highest BCUT2D eigenvalue weighted by molar-refractivity contribution is 5.50. The zero-order valence-electron chi connectivity index (χ0n) is 12.6. The average Bonchev–Trinajstić information content (AvgIpc) is 2.48. The highest BCUT2D eigenvalue weighted by atomic mass is 19.1. The second-order valence-electron chi connectivity index (χ2n) is 4.97. The van der Waals surface area contributed by atoms with E-state index in [1.54, 1.807) is 25.3 Å². The monoisotopic (exact) mass is 290 g/mol. The largest absolute Gasteiger partial charge is 0.493 e. The number of aryl methyl sites for hydroxylation is 2. The van der Waals surface area contributed by atoms with Crippen LogP contribution in [0.3, 0.4) is 0 Å². The third kappa shape index (κ3) is 3.00. The molecule has 0 radical (unpaired) electrons. The molecule has 0 spiro atoms. The summed E-state index contributed by atoms with van der Waals surface area (Å²) in [6.07, 6.45) is -0.916. The molecule has 112 valence electrons. The summed E-state index contributed by atoms with van der Waals surface area (Å²) in [6.45, 7) is 3.71. The summed E-state index contributed by atoms with van der Waals surface area (Å²) >= 11 is 0. The van der Waals surface area contributed by atoms with Gasteiger partial charge in [0, 0.05) is 0 Å². The first kappa shape index (κ1) is 15.3. The number of benzene rings is 2. The summed E-state index contributed by atoms with van der Waals surface area (Å²) in [4.78, 5) is 0. The number of hydrogen-bond acceptors (Lipinski definition) is 3. The van der Waals surface area contributed by atoms with E-state index in [2.05, 4.69) is 0 Å². The third-order valence-corrected chi connectivity index (χ3v) is 3.60. The molecule has 0 saturated heterocycles. The Labute approximate surface area is 124 Å². The molecule has 2 rings (SSSR count). The van der Waals surface area contributed by atoms with Crippen molar-refractivity contribution in [3.8, 4) is 11.5 Å². The Bertz CT molecular complexity index is 653. The molecule has 0 aliphatic carbocycles. The van der Waals surface area contributed by atoms with Crippen molar-refractivity contribution >= 4 is 0 Å². The highest BCUT2D eigenvalue weighted by Crippen LogP contribution is 2.35. The molecule has 1 unspecified atom stereocenters. The molecule has 0 saturated carbocycles. The van der Waals surface area contributed by atoms with Crippen LogP contribution in [-0.4, -0.2) is 19.3 Å². The summed E-state index contributed by atoms with van der Waals surface area (Å²) in [6, 6.07) is 7.92. The van der Waals surface area contributed by atoms with E-state index >= 15 is 0 Å². The van der Waals surface area contributed by atoms with Gasteiger partial charge in [-0.1, -0.05) is 6.07 Å². The Hall–Kier alpha value is -2.07. The summed E-state index contributed by atoms with van der Waals surface area (Å²) in [5.74, 6) is 0.765. The molecule has 0 aliphatic heterocycles. The minimum absolute atomic E-state index is 0.368. The van der Waals surface area contributed by atoms with Gasteiger partial charge in [-0.25, -0.2) is 4.39 Å². The van der Waals surface area contributed by atoms with E-state index in [9.17, 15) is 9.50 Å². The predicted molar refractivity (Wildman–Crippen MR) is 79.5 cm³/mol. The van der Waals surface area contributed by atoms with Crippen LogP contribution in [0.5, 0.6) is 11.5 Å². The van der Waals surface area contributed by atoms with Crippen molar-refractivity contribution in [2.24, 2.45) is 0 Å². The van der Waals surface area contributed by atoms with Gasteiger partial charge in [0.15, 0.2) is 11.5 Å². The summed E-state index contributed by atoms with van der Waals surface area (Å²) in [5, 5.41) is 10.6. The van der Waals surface area contributed by atoms with Crippen LogP contribution >= 0.6 is 0 Å². The molecule has 1 atom stereocenters. The maximum Gasteiger partial charge on any atom is 0.161 e. The van der Waals surface area contributed by atoms with Gasteiger partial charge in [0.2, 0.25) is 0 Å². The lowest BCUT2D eigenvalue weighted by atomic mass is 9.94. The summed E-state index contributed by atoms with van der Waals surface area (Å²) < 4.78 is 23.9. The van der Waals surface area contributed by atoms with Gasteiger partial charge in [-0.3, -0.25) is 0 Å². The van der Waals surface area contributed by atoms with E-state index in [1.807, 2.05) is 13.8 Å². The van der Waals surface area contributed by atoms with Crippen molar-refractivity contribution < 1.29 is 19.0 Å². The van der Waals surface area contributed by atoms with Crippen molar-refractivity contribution in [2.75, 3.05) is 14.2 Å². The fourth-order valence-electron chi connectivity index (χ4n) is 2.36. The van der Waals surface area contributed by atoms with Crippen LogP contribution in [0.1, 0.15) is 28.4 Å². The first-order valence-electron chi connectivity index (χ1n) is 6.64. The smallest absolute Gasteiger partial charge is 0.161 e. The summed E-state index contributed by atoms with van der Waals surface area (Å²) in [5.41, 5.74) is 2.90. The van der Waals surface area contributed by atoms with Gasteiger partial charge in [-0.2, -0.15) is 0 Å². The lowest BCUT2D eigenvalue weighted by Crippen LogP contribution is -2.06. The lowest BCUT2D eigenvalue weighted by molar-refractivity contribution is 0.217. The van der Waals surface area contributed by atoms with Gasteiger partial charge in [-0.15, -0.1) is 0 Å². The van der Waals surface area contributed by atoms with Crippen molar-refractivity contribution in [2.45, 2.75) is 20.0 Å². The minimum Gasteiger partial charge on any atom is -0.493 e. The maximum atomic E-state index is 13.4. The van der Waals surface area contributed by atoms with E-state index in [-0.39, 0.29) is 5.82 Å². The van der Waals surface area contributed by atoms with Gasteiger partial charge < -0.3 is 14.6 Å². The molecule has 2 aromatic rings. The zero-order valence-corrected chi connectivity index (χ0v) is 12.6. The van der Waals surface area contributed by atoms with E-state index in [4.69, 9.17) is 9.47 Å². The Morgan fingerprint density at radius 1 is 0.905 bits per heavy atom. The number of halogens is 1. The topological polar surface area (TPSA) is 38.7 Å². The maximum absolute atomic E-state index is 13.4. The molecule has 0 amide bonds. The van der Waals surface area contributed by atoms with Gasteiger partial charge in [0.05, 0.1) is 14.2 Å². The van der Waals surface area contributed by atoms with Gasteiger partial charge in [0.25, 0.3) is 0 Å². The number of hydrogen-bond donors (Lipinski definition) is 1. The Morgan fingerprint density at radius 3 is 2.10 bits per heavy atom. The quantitative estimate of drug-likeness (QED) is 0.936. The molecule has 0 aliphatic rings. The first-order chi connectivity index (χ1) is 9.97. The van der Waals surface area contributed by atoms with Gasteiger partial charge in [-0.05, 0) is 60.4 Å². The molecular weight excluding hydrogens is 271 g/mol. The Kier molecular flexibility index (Phi) is 4.48. The number of ether oxygens (including phenoxy) is 2. The minimum atomic E-state index is -0.916. The second kappa shape index (κ2) is 6.14. The van der Waals surface area contributed by atoms with Gasteiger partial charge >= 0.3 is 0 Å². The fourth-order valence-corrected chi connectivity index (χ4v) is 2.36. The predicted octanol–water partition coefficient (Wildman–Crippen LogP) is 3.54. The van der Waals surface area contributed by atoms with Crippen molar-refractivity contribution in [3.63, 3.8) is 0 Å². The van der Waals surface area contributed by atoms with Crippen molar-refractivity contribution in [1.82, 2.24) is 0 Å². The molecule has 0 fully saturated rings. The SMILES string of the molecule is COc1cc(C)c(C(O)c2cc(F)ccc2C)cc1OC. The molecule has 3 nitrogen and oxygen atoms in total. The molecule has 0 heterocycles. The second-order valence-corrected chi connectivity index (χ2v) is 4.97. The lowest BCUT2D eigenvalue weighted by Gasteiger charge is -2.19. The van der Waals surface area contributed by atoms with E-state index in [0.29, 0.717) is 22.6 Å². The molecular formula is C17H19FO3. The van der Waals surface area contributed by atoms with Crippen molar-refractivity contribution in [1.29, 1.82) is 0 Å². The Balaban J connectivity index is 2.52. The van der Waals surface area contributed by atoms with Crippen LogP contribution in [0.15, 0.2) is 30.3 Å². The van der Waals surface area contributed by atoms with E-state index in [1.165, 1.54) is 19.2 Å². The molecule has 0 aromatic heterocycles. The van der Waals surface area contributed by atoms with Crippen LogP contribution in [-0.2, 0) is 0 Å². The number of aliphatic hydroxyl groups is 1. The molecule has 4 heteroatoms. The van der Waals surface area contributed by atoms with Crippen LogP contribution in [0.2, 0.25) is 0 Å². The Morgan fingerprint density at radius 2 is 1.48 bits per heavy atom.